The van der Waals surface area contributed by atoms with E-state index in [1.165, 1.54) is 33.4 Å². The first-order valence-corrected chi connectivity index (χ1v) is 37.9. The van der Waals surface area contributed by atoms with E-state index >= 15 is 0 Å². The van der Waals surface area contributed by atoms with E-state index in [0.717, 1.165) is 110 Å². The SMILES string of the molecule is CCCCOC(=O)Cc1ccc(Cc2ccc(CC(=O)OCCCC(C)(C)CC(C)(C)c3cc(C(C)(C)C)cc(C(C)(C)CC(C)(C)CCCOC)c3)cc2)cc1.CCOC(=O)Nc1ccc(Cc2ccc(NC(=O)NCCCCOC(=O)Cc3ccc(Cc4ccc(CC(C)=O)cc4)cc3)cc2)cc1. The quantitative estimate of drug-likeness (QED) is 0.0189. The second-order valence-electron chi connectivity index (χ2n) is 32.2. The van der Waals surface area contributed by atoms with Gasteiger partial charge in [0.05, 0.1) is 45.7 Å². The fourth-order valence-electron chi connectivity index (χ4n) is 13.6. The van der Waals surface area contributed by atoms with Crippen LogP contribution in [-0.4, -0.2) is 82.5 Å². The molecule has 566 valence electrons. The van der Waals surface area contributed by atoms with Crippen LogP contribution in [0.5, 0.6) is 0 Å². The van der Waals surface area contributed by atoms with Gasteiger partial charge in [0.2, 0.25) is 0 Å². The van der Waals surface area contributed by atoms with Gasteiger partial charge in [-0.05, 0) is 215 Å². The average Bonchev–Trinajstić information content (AvgIpc) is 0.771. The Labute approximate surface area is 628 Å². The van der Waals surface area contributed by atoms with Crippen molar-refractivity contribution in [3.8, 4) is 0 Å². The number of carbonyl (C=O) groups is 6. The topological polar surface area (TPSA) is 185 Å². The number of ketones is 1. The zero-order valence-electron chi connectivity index (χ0n) is 65.8. The van der Waals surface area contributed by atoms with Gasteiger partial charge in [0.1, 0.15) is 5.78 Å². The highest BCUT2D eigenvalue weighted by molar-refractivity contribution is 5.89. The van der Waals surface area contributed by atoms with Gasteiger partial charge in [-0.15, -0.1) is 0 Å². The second kappa shape index (κ2) is 41.7. The van der Waals surface area contributed by atoms with E-state index in [0.29, 0.717) is 76.5 Å². The van der Waals surface area contributed by atoms with E-state index in [-0.39, 0.29) is 69.6 Å². The van der Waals surface area contributed by atoms with Crippen molar-refractivity contribution in [1.29, 1.82) is 0 Å². The van der Waals surface area contributed by atoms with Crippen molar-refractivity contribution in [2.45, 2.75) is 222 Å². The minimum Gasteiger partial charge on any atom is -0.465 e. The van der Waals surface area contributed by atoms with Crippen LogP contribution in [0, 0.1) is 10.8 Å². The molecule has 0 unspecified atom stereocenters. The molecular formula is C91H121N3O11. The van der Waals surface area contributed by atoms with Crippen molar-refractivity contribution in [3.05, 3.63) is 236 Å². The summed E-state index contributed by atoms with van der Waals surface area (Å²) in [5.74, 6) is -0.481. The van der Waals surface area contributed by atoms with E-state index in [2.05, 4.69) is 141 Å². The summed E-state index contributed by atoms with van der Waals surface area (Å²) in [6.07, 6.45) is 12.5. The number of ether oxygens (including phenoxy) is 5. The van der Waals surface area contributed by atoms with Crippen molar-refractivity contribution in [3.63, 3.8) is 0 Å². The lowest BCUT2D eigenvalue weighted by Crippen LogP contribution is -2.30. The van der Waals surface area contributed by atoms with Gasteiger partial charge in [0.15, 0.2) is 0 Å². The Bertz CT molecular complexity index is 3830. The number of hydrogen-bond acceptors (Lipinski definition) is 11. The molecule has 0 aliphatic carbocycles. The molecule has 0 fully saturated rings. The normalized spacial score (nSPS) is 11.8. The van der Waals surface area contributed by atoms with Gasteiger partial charge in [-0.25, -0.2) is 9.59 Å². The number of methoxy groups -OCH3 is 1. The maximum atomic E-state index is 12.8. The second-order valence-corrected chi connectivity index (χ2v) is 32.2. The van der Waals surface area contributed by atoms with Gasteiger partial charge in [-0.3, -0.25) is 24.5 Å². The molecule has 7 rings (SSSR count). The lowest BCUT2D eigenvalue weighted by molar-refractivity contribution is -0.144. The number of benzene rings is 7. The minimum atomic E-state index is -0.476. The van der Waals surface area contributed by atoms with Crippen LogP contribution in [-0.2, 0) is 104 Å². The van der Waals surface area contributed by atoms with E-state index < -0.39 is 6.09 Å². The van der Waals surface area contributed by atoms with E-state index in [9.17, 15) is 28.8 Å². The van der Waals surface area contributed by atoms with Gasteiger partial charge >= 0.3 is 30.0 Å². The van der Waals surface area contributed by atoms with Crippen LogP contribution in [0.3, 0.4) is 0 Å². The molecule has 0 aliphatic heterocycles. The molecule has 0 aromatic heterocycles. The molecule has 0 heterocycles. The number of rotatable bonds is 39. The summed E-state index contributed by atoms with van der Waals surface area (Å²) in [4.78, 5) is 72.3. The monoisotopic (exact) mass is 1430 g/mol. The Morgan fingerprint density at radius 2 is 0.705 bits per heavy atom. The summed E-state index contributed by atoms with van der Waals surface area (Å²) in [5, 5.41) is 8.34. The Morgan fingerprint density at radius 1 is 0.371 bits per heavy atom. The smallest absolute Gasteiger partial charge is 0.411 e. The predicted octanol–water partition coefficient (Wildman–Crippen LogP) is 20.1. The molecule has 0 saturated carbocycles. The van der Waals surface area contributed by atoms with Crippen molar-refractivity contribution in [2.24, 2.45) is 10.8 Å². The largest absolute Gasteiger partial charge is 0.465 e. The van der Waals surface area contributed by atoms with Crippen LogP contribution < -0.4 is 16.0 Å². The van der Waals surface area contributed by atoms with Crippen molar-refractivity contribution in [2.75, 3.05) is 57.3 Å². The lowest BCUT2D eigenvalue weighted by atomic mass is 9.65. The van der Waals surface area contributed by atoms with Crippen LogP contribution in [0.2, 0.25) is 0 Å². The summed E-state index contributed by atoms with van der Waals surface area (Å²) in [5.41, 5.74) is 16.6. The number of anilines is 2. The predicted molar refractivity (Wildman–Crippen MR) is 426 cm³/mol. The molecule has 7 aromatic rings. The first-order valence-electron chi connectivity index (χ1n) is 37.9. The molecule has 0 spiro atoms. The number of unbranched alkanes of at least 4 members (excludes halogenated alkanes) is 2. The zero-order valence-corrected chi connectivity index (χ0v) is 65.8. The molecule has 105 heavy (non-hydrogen) atoms. The van der Waals surface area contributed by atoms with Crippen LogP contribution in [0.1, 0.15) is 233 Å². The van der Waals surface area contributed by atoms with Crippen molar-refractivity contribution >= 4 is 47.2 Å². The zero-order chi connectivity index (χ0) is 76.6. The molecule has 3 N–H and O–H groups in total. The van der Waals surface area contributed by atoms with Gasteiger partial charge < -0.3 is 34.3 Å². The Kier molecular flexibility index (Phi) is 33.8. The molecule has 0 bridgehead atoms. The summed E-state index contributed by atoms with van der Waals surface area (Å²) in [6, 6.07) is 54.7. The van der Waals surface area contributed by atoms with Gasteiger partial charge in [0.25, 0.3) is 0 Å². The molecular weight excluding hydrogens is 1310 g/mol. The average molecular weight is 1430 g/mol. The van der Waals surface area contributed by atoms with Gasteiger partial charge in [-0.1, -0.05) is 229 Å². The fraction of sp³-hybridized carbons (Fsp3) is 0.473. The molecule has 0 radical (unpaired) electrons. The molecule has 3 amide bonds. The van der Waals surface area contributed by atoms with E-state index in [1.54, 1.807) is 21.0 Å². The fourth-order valence-corrected chi connectivity index (χ4v) is 13.6. The molecule has 0 aliphatic rings. The molecule has 14 nitrogen and oxygen atoms in total. The van der Waals surface area contributed by atoms with Crippen molar-refractivity contribution < 1.29 is 52.5 Å². The van der Waals surface area contributed by atoms with Crippen molar-refractivity contribution in [1.82, 2.24) is 5.32 Å². The summed E-state index contributed by atoms with van der Waals surface area (Å²) < 4.78 is 26.7. The third kappa shape index (κ3) is 32.2. The third-order valence-electron chi connectivity index (χ3n) is 19.0. The third-order valence-corrected chi connectivity index (χ3v) is 19.0. The van der Waals surface area contributed by atoms with Crippen LogP contribution >= 0.6 is 0 Å². The molecule has 14 heteroatoms. The van der Waals surface area contributed by atoms with Crippen LogP contribution in [0.25, 0.3) is 0 Å². The highest BCUT2D eigenvalue weighted by atomic mass is 16.6. The lowest BCUT2D eigenvalue weighted by Gasteiger charge is -2.39. The highest BCUT2D eigenvalue weighted by Gasteiger charge is 2.35. The maximum absolute atomic E-state index is 12.8. The first kappa shape index (κ1) is 85.1. The summed E-state index contributed by atoms with van der Waals surface area (Å²) in [6.45, 7) is 34.4. The molecule has 7 aromatic carbocycles. The number of esters is 3. The maximum Gasteiger partial charge on any atom is 0.411 e. The Hall–Kier alpha value is -8.88. The summed E-state index contributed by atoms with van der Waals surface area (Å²) in [7, 11) is 1.79. The van der Waals surface area contributed by atoms with Crippen LogP contribution in [0.15, 0.2) is 164 Å². The number of nitrogens with one attached hydrogen (secondary N) is 3. The van der Waals surface area contributed by atoms with Gasteiger partial charge in [0, 0.05) is 38.1 Å². The standard InChI is InChI=1S/C52H78O5.C39H43N3O6/c1-14-15-29-56-46(53)32-41-22-18-39(19-23-41)31-40-20-24-42(25-21-40)33-47(54)57-30-17-27-50(7,8)38-52(11,12)45-35-43(48(2,3)4)34-44(36-45)51(9,10)37-49(5,6)26-16-28-55-13;1-3-47-39(46)42-36-20-16-33(17-21-36)26-32-14-18-35(19-15-32)41-38(45)40-22-4-5-23-48-37(44)27-34-12-10-31(11-13-34)25-30-8-6-29(7-9-30)24-28(2)43/h18-25,34-36H,14-17,26-33,37-38H2,1-13H3;6-21H,3-5,22-27H2,1-2H3,(H,42,46)(H2,40,41,45). The Morgan fingerprint density at radius 3 is 1.07 bits per heavy atom. The number of Topliss-reactive ketones (excluding diaryl/α,β-unsaturated/α-hetero) is 1. The molecule has 0 atom stereocenters. The van der Waals surface area contributed by atoms with Gasteiger partial charge in [-0.2, -0.15) is 0 Å². The summed E-state index contributed by atoms with van der Waals surface area (Å²) >= 11 is 0. The minimum absolute atomic E-state index is 0.0285. The highest BCUT2D eigenvalue weighted by Crippen LogP contribution is 2.45. The van der Waals surface area contributed by atoms with E-state index in [4.69, 9.17) is 23.7 Å². The molecule has 0 saturated heterocycles. The number of hydrogen-bond donors (Lipinski definition) is 3. The number of amides is 3. The van der Waals surface area contributed by atoms with Crippen LogP contribution in [0.4, 0.5) is 21.0 Å². The first-order chi connectivity index (χ1) is 49.8. The van der Waals surface area contributed by atoms with E-state index in [1.807, 2.05) is 121 Å². The number of carbonyl (C=O) groups excluding carboxylic acids is 6. The Balaban J connectivity index is 0.000000334. The number of urea groups is 1.